The Hall–Kier alpha value is -1.27. The van der Waals surface area contributed by atoms with Crippen LogP contribution in [0.15, 0.2) is 12.2 Å². The maximum absolute atomic E-state index is 12.2. The lowest BCUT2D eigenvalue weighted by Gasteiger charge is -2.36. The number of carbonyl (C=O) groups excluding carboxylic acids is 1. The van der Waals surface area contributed by atoms with Gasteiger partial charge in [0.15, 0.2) is 0 Å². The third kappa shape index (κ3) is 4.11. The van der Waals surface area contributed by atoms with Gasteiger partial charge in [-0.05, 0) is 11.8 Å². The maximum atomic E-state index is 12.2. The molecule has 0 bridgehead atoms. The number of amides is 1. The molecule has 0 spiro atoms. The first-order chi connectivity index (χ1) is 9.01. The van der Waals surface area contributed by atoms with Crippen molar-refractivity contribution in [1.29, 1.82) is 0 Å². The molecule has 0 heterocycles. The Bertz CT molecular complexity index is 367. The third-order valence-corrected chi connectivity index (χ3v) is 3.38. The van der Waals surface area contributed by atoms with Crippen LogP contribution in [0.25, 0.3) is 0 Å². The van der Waals surface area contributed by atoms with Crippen molar-refractivity contribution in [2.24, 2.45) is 11.8 Å². The highest BCUT2D eigenvalue weighted by molar-refractivity contribution is 5.76. The van der Waals surface area contributed by atoms with Crippen LogP contribution in [0.4, 0.5) is 0 Å². The van der Waals surface area contributed by atoms with E-state index in [2.05, 4.69) is 32.8 Å². The molecule has 1 aliphatic rings. The second-order valence-electron chi connectivity index (χ2n) is 5.51. The van der Waals surface area contributed by atoms with E-state index in [9.17, 15) is 4.79 Å². The summed E-state index contributed by atoms with van der Waals surface area (Å²) in [6, 6.07) is 0.0724. The predicted octanol–water partition coefficient (Wildman–Crippen LogP) is 2.47. The quantitative estimate of drug-likeness (QED) is 0.544. The van der Waals surface area contributed by atoms with Crippen molar-refractivity contribution >= 4 is 5.91 Å². The molecule has 0 radical (unpaired) electrons. The van der Waals surface area contributed by atoms with E-state index < -0.39 is 0 Å². The number of carbonyl (C=O) groups is 1. The Balaban J connectivity index is 2.85. The zero-order valence-corrected chi connectivity index (χ0v) is 12.4. The average Bonchev–Trinajstić information content (AvgIpc) is 2.73. The molecule has 0 aromatic heterocycles. The summed E-state index contributed by atoms with van der Waals surface area (Å²) in [4.78, 5) is 14.2. The summed E-state index contributed by atoms with van der Waals surface area (Å²) in [6.45, 7) is 9.32. The molecule has 3 atom stereocenters. The summed E-state index contributed by atoms with van der Waals surface area (Å²) < 4.78 is 5.68. The number of hydrogen-bond donors (Lipinski definition) is 0. The monoisotopic (exact) mass is 263 g/mol. The summed E-state index contributed by atoms with van der Waals surface area (Å²) in [6.07, 6.45) is 9.84. The lowest BCUT2D eigenvalue weighted by molar-refractivity contribution is -0.137. The zero-order valence-electron chi connectivity index (χ0n) is 12.4. The Morgan fingerprint density at radius 3 is 2.68 bits per heavy atom. The average molecular weight is 263 g/mol. The molecule has 0 saturated carbocycles. The van der Waals surface area contributed by atoms with Crippen LogP contribution in [0.5, 0.6) is 0 Å². The molecule has 106 valence electrons. The minimum Gasteiger partial charge on any atom is -0.359 e. The Labute approximate surface area is 117 Å². The summed E-state index contributed by atoms with van der Waals surface area (Å²) in [5.41, 5.74) is 0. The van der Waals surface area contributed by atoms with Crippen molar-refractivity contribution in [3.63, 3.8) is 0 Å². The Morgan fingerprint density at radius 2 is 2.16 bits per heavy atom. The van der Waals surface area contributed by atoms with E-state index >= 15 is 0 Å². The van der Waals surface area contributed by atoms with Gasteiger partial charge in [-0.2, -0.15) is 0 Å². The largest absolute Gasteiger partial charge is 0.359 e. The first-order valence-electron chi connectivity index (χ1n) is 7.04. The zero-order chi connectivity index (χ0) is 14.4. The molecular formula is C16H25NO2. The molecular weight excluding hydrogens is 238 g/mol. The van der Waals surface area contributed by atoms with E-state index in [4.69, 9.17) is 11.2 Å². The highest BCUT2D eigenvalue weighted by Crippen LogP contribution is 2.27. The van der Waals surface area contributed by atoms with Crippen LogP contribution in [0.1, 0.15) is 34.1 Å². The summed E-state index contributed by atoms with van der Waals surface area (Å²) >= 11 is 0. The van der Waals surface area contributed by atoms with Crippen LogP contribution in [0.3, 0.4) is 0 Å². The molecule has 1 amide bonds. The second kappa shape index (κ2) is 7.35. The van der Waals surface area contributed by atoms with Gasteiger partial charge in [0.1, 0.15) is 6.61 Å². The van der Waals surface area contributed by atoms with E-state index in [0.29, 0.717) is 18.3 Å². The number of ether oxygens (including phenoxy) is 1. The smallest absolute Gasteiger partial charge is 0.222 e. The van der Waals surface area contributed by atoms with Crippen molar-refractivity contribution in [1.82, 2.24) is 4.90 Å². The van der Waals surface area contributed by atoms with Crippen LogP contribution in [0.2, 0.25) is 0 Å². The molecule has 0 aromatic rings. The van der Waals surface area contributed by atoms with Crippen LogP contribution in [0, 0.1) is 24.2 Å². The van der Waals surface area contributed by atoms with Gasteiger partial charge in [0.05, 0.1) is 12.1 Å². The molecule has 0 saturated heterocycles. The van der Waals surface area contributed by atoms with Crippen molar-refractivity contribution in [2.45, 2.75) is 46.3 Å². The summed E-state index contributed by atoms with van der Waals surface area (Å²) in [7, 11) is 0. The SMILES string of the molecule is C#CCOC1C=CC(C)C1N(CC(C)C)C(=O)CC. The van der Waals surface area contributed by atoms with Crippen LogP contribution in [-0.2, 0) is 9.53 Å². The topological polar surface area (TPSA) is 29.5 Å². The minimum atomic E-state index is -0.0831. The van der Waals surface area contributed by atoms with Crippen LogP contribution < -0.4 is 0 Å². The van der Waals surface area contributed by atoms with Gasteiger partial charge in [0.2, 0.25) is 5.91 Å². The summed E-state index contributed by atoms with van der Waals surface area (Å²) in [5, 5.41) is 0. The van der Waals surface area contributed by atoms with Gasteiger partial charge in [0, 0.05) is 13.0 Å². The number of rotatable bonds is 6. The fraction of sp³-hybridized carbons (Fsp3) is 0.688. The molecule has 3 heteroatoms. The van der Waals surface area contributed by atoms with E-state index in [1.807, 2.05) is 17.9 Å². The van der Waals surface area contributed by atoms with Gasteiger partial charge >= 0.3 is 0 Å². The molecule has 1 aliphatic carbocycles. The Kier molecular flexibility index (Phi) is 6.11. The molecule has 0 aliphatic heterocycles. The van der Waals surface area contributed by atoms with E-state index in [-0.39, 0.29) is 24.7 Å². The predicted molar refractivity (Wildman–Crippen MR) is 77.5 cm³/mol. The lowest BCUT2D eigenvalue weighted by atomic mass is 10.00. The Morgan fingerprint density at radius 1 is 1.47 bits per heavy atom. The maximum Gasteiger partial charge on any atom is 0.222 e. The molecule has 3 nitrogen and oxygen atoms in total. The molecule has 0 N–H and O–H groups in total. The van der Waals surface area contributed by atoms with Gasteiger partial charge in [-0.15, -0.1) is 6.42 Å². The van der Waals surface area contributed by atoms with Gasteiger partial charge in [-0.1, -0.05) is 45.8 Å². The lowest BCUT2D eigenvalue weighted by Crippen LogP contribution is -2.49. The van der Waals surface area contributed by atoms with E-state index in [0.717, 1.165) is 6.54 Å². The number of nitrogens with zero attached hydrogens (tertiary/aromatic N) is 1. The van der Waals surface area contributed by atoms with Gasteiger partial charge in [0.25, 0.3) is 0 Å². The van der Waals surface area contributed by atoms with E-state index in [1.54, 1.807) is 0 Å². The minimum absolute atomic E-state index is 0.0724. The first-order valence-corrected chi connectivity index (χ1v) is 7.04. The van der Waals surface area contributed by atoms with Crippen molar-refractivity contribution < 1.29 is 9.53 Å². The van der Waals surface area contributed by atoms with E-state index in [1.165, 1.54) is 0 Å². The first kappa shape index (κ1) is 15.8. The van der Waals surface area contributed by atoms with Crippen LogP contribution >= 0.6 is 0 Å². The molecule has 3 unspecified atom stereocenters. The highest BCUT2D eigenvalue weighted by atomic mass is 16.5. The van der Waals surface area contributed by atoms with Crippen LogP contribution in [-0.4, -0.2) is 36.1 Å². The highest BCUT2D eigenvalue weighted by Gasteiger charge is 2.36. The van der Waals surface area contributed by atoms with Crippen molar-refractivity contribution in [3.05, 3.63) is 12.2 Å². The fourth-order valence-corrected chi connectivity index (χ4v) is 2.56. The van der Waals surface area contributed by atoms with Gasteiger partial charge in [-0.3, -0.25) is 4.79 Å². The molecule has 19 heavy (non-hydrogen) atoms. The molecule has 0 aromatic carbocycles. The molecule has 1 rings (SSSR count). The fourth-order valence-electron chi connectivity index (χ4n) is 2.56. The van der Waals surface area contributed by atoms with Crippen molar-refractivity contribution in [2.75, 3.05) is 13.2 Å². The molecule has 0 fully saturated rings. The van der Waals surface area contributed by atoms with Crippen molar-refractivity contribution in [3.8, 4) is 12.3 Å². The number of terminal acetylenes is 1. The third-order valence-electron chi connectivity index (χ3n) is 3.38. The second-order valence-corrected chi connectivity index (χ2v) is 5.51. The summed E-state index contributed by atoms with van der Waals surface area (Å²) in [5.74, 6) is 3.42. The number of hydrogen-bond acceptors (Lipinski definition) is 2. The standard InChI is InChI=1S/C16H25NO2/c1-6-10-19-14-9-8-13(5)16(14)17(11-12(3)4)15(18)7-2/h1,8-9,12-14,16H,7,10-11H2,2-5H3. The van der Waals surface area contributed by atoms with Gasteiger partial charge < -0.3 is 9.64 Å². The van der Waals surface area contributed by atoms with Gasteiger partial charge in [-0.25, -0.2) is 0 Å². The normalized spacial score (nSPS) is 25.6.